The first-order valence-electron chi connectivity index (χ1n) is 8.09. The van der Waals surface area contributed by atoms with Crippen LogP contribution in [0.3, 0.4) is 0 Å². The van der Waals surface area contributed by atoms with Crippen LogP contribution in [0.1, 0.15) is 31.7 Å². The molecule has 0 amide bonds. The minimum Gasteiger partial charge on any atom is -0.353 e. The SMILES string of the molecule is CN=C(NC1CC1c1ccccc1)N1CCS(=O)(=O)C(C)(C)C1. The summed E-state index contributed by atoms with van der Waals surface area (Å²) in [5.74, 6) is 1.53. The van der Waals surface area contributed by atoms with E-state index in [-0.39, 0.29) is 5.75 Å². The lowest BCUT2D eigenvalue weighted by molar-refractivity contribution is 0.353. The fourth-order valence-corrected chi connectivity index (χ4v) is 4.58. The summed E-state index contributed by atoms with van der Waals surface area (Å²) in [6.45, 7) is 4.59. The Morgan fingerprint density at radius 1 is 1.30 bits per heavy atom. The van der Waals surface area contributed by atoms with Gasteiger partial charge in [0.25, 0.3) is 0 Å². The van der Waals surface area contributed by atoms with Gasteiger partial charge in [0.1, 0.15) is 0 Å². The molecule has 0 radical (unpaired) electrons. The Hall–Kier alpha value is -1.56. The molecule has 1 saturated carbocycles. The second kappa shape index (κ2) is 5.82. The number of hydrogen-bond donors (Lipinski definition) is 1. The highest BCUT2D eigenvalue weighted by molar-refractivity contribution is 7.92. The summed E-state index contributed by atoms with van der Waals surface area (Å²) in [7, 11) is -1.26. The number of guanidine groups is 1. The lowest BCUT2D eigenvalue weighted by atomic mass is 10.1. The number of hydrogen-bond acceptors (Lipinski definition) is 3. The molecule has 0 spiro atoms. The summed E-state index contributed by atoms with van der Waals surface area (Å²) in [6.07, 6.45) is 1.10. The Balaban J connectivity index is 1.64. The number of nitrogens with zero attached hydrogens (tertiary/aromatic N) is 2. The van der Waals surface area contributed by atoms with E-state index in [0.717, 1.165) is 12.4 Å². The van der Waals surface area contributed by atoms with Gasteiger partial charge >= 0.3 is 0 Å². The van der Waals surface area contributed by atoms with Crippen molar-refractivity contribution in [3.8, 4) is 0 Å². The second-order valence-electron chi connectivity index (χ2n) is 7.05. The van der Waals surface area contributed by atoms with Crippen molar-refractivity contribution in [2.24, 2.45) is 4.99 Å². The van der Waals surface area contributed by atoms with Crippen molar-refractivity contribution in [2.75, 3.05) is 25.9 Å². The molecule has 1 aromatic carbocycles. The average Bonchev–Trinajstić information content (AvgIpc) is 3.28. The maximum Gasteiger partial charge on any atom is 0.193 e. The van der Waals surface area contributed by atoms with Gasteiger partial charge in [-0.15, -0.1) is 0 Å². The van der Waals surface area contributed by atoms with E-state index in [1.54, 1.807) is 20.9 Å². The Labute approximate surface area is 138 Å². The molecule has 23 heavy (non-hydrogen) atoms. The van der Waals surface area contributed by atoms with Gasteiger partial charge in [-0.05, 0) is 25.8 Å². The Morgan fingerprint density at radius 3 is 2.61 bits per heavy atom. The third kappa shape index (κ3) is 3.22. The third-order valence-electron chi connectivity index (χ3n) is 4.89. The minimum atomic E-state index is -3.03. The number of rotatable bonds is 2. The van der Waals surface area contributed by atoms with Crippen molar-refractivity contribution >= 4 is 15.8 Å². The zero-order valence-electron chi connectivity index (χ0n) is 14.0. The highest BCUT2D eigenvalue weighted by Crippen LogP contribution is 2.40. The average molecular weight is 335 g/mol. The van der Waals surface area contributed by atoms with Gasteiger partial charge in [-0.3, -0.25) is 4.99 Å². The van der Waals surface area contributed by atoms with Gasteiger partial charge in [0.15, 0.2) is 15.8 Å². The van der Waals surface area contributed by atoms with Crippen molar-refractivity contribution in [3.63, 3.8) is 0 Å². The Bertz CT molecular complexity index is 698. The van der Waals surface area contributed by atoms with Gasteiger partial charge in [-0.25, -0.2) is 8.42 Å². The first-order valence-corrected chi connectivity index (χ1v) is 9.75. The molecule has 2 atom stereocenters. The molecule has 5 nitrogen and oxygen atoms in total. The van der Waals surface area contributed by atoms with Crippen LogP contribution in [0.15, 0.2) is 35.3 Å². The Kier molecular flexibility index (Phi) is 4.12. The van der Waals surface area contributed by atoms with Crippen molar-refractivity contribution in [1.82, 2.24) is 10.2 Å². The topological polar surface area (TPSA) is 61.8 Å². The van der Waals surface area contributed by atoms with E-state index in [9.17, 15) is 8.42 Å². The Morgan fingerprint density at radius 2 is 2.00 bits per heavy atom. The molecule has 1 aliphatic heterocycles. The molecule has 1 saturated heterocycles. The predicted octanol–water partition coefficient (Wildman–Crippen LogP) is 1.63. The summed E-state index contributed by atoms with van der Waals surface area (Å²) in [4.78, 5) is 6.44. The summed E-state index contributed by atoms with van der Waals surface area (Å²) < 4.78 is 23.6. The number of nitrogens with one attached hydrogen (secondary N) is 1. The largest absolute Gasteiger partial charge is 0.353 e. The van der Waals surface area contributed by atoms with E-state index in [1.807, 2.05) is 6.07 Å². The molecule has 2 unspecified atom stereocenters. The molecule has 1 N–H and O–H groups in total. The number of sulfone groups is 1. The van der Waals surface area contributed by atoms with Crippen LogP contribution < -0.4 is 5.32 Å². The first-order chi connectivity index (χ1) is 10.8. The summed E-state index contributed by atoms with van der Waals surface area (Å²) in [5.41, 5.74) is 1.35. The molecule has 3 rings (SSSR count). The fraction of sp³-hybridized carbons (Fsp3) is 0.588. The van der Waals surface area contributed by atoms with Gasteiger partial charge in [-0.2, -0.15) is 0 Å². The van der Waals surface area contributed by atoms with Crippen molar-refractivity contribution in [3.05, 3.63) is 35.9 Å². The van der Waals surface area contributed by atoms with Crippen LogP contribution in [-0.4, -0.2) is 56.0 Å². The van der Waals surface area contributed by atoms with Crippen LogP contribution in [0.4, 0.5) is 0 Å². The second-order valence-corrected chi connectivity index (χ2v) is 9.79. The zero-order valence-corrected chi connectivity index (χ0v) is 14.8. The lowest BCUT2D eigenvalue weighted by Gasteiger charge is -2.39. The summed E-state index contributed by atoms with van der Waals surface area (Å²) in [5, 5.41) is 3.51. The van der Waals surface area contributed by atoms with Crippen molar-refractivity contribution in [2.45, 2.75) is 37.0 Å². The molecule has 1 heterocycles. The van der Waals surface area contributed by atoms with E-state index >= 15 is 0 Å². The van der Waals surface area contributed by atoms with Crippen LogP contribution in [0.2, 0.25) is 0 Å². The summed E-state index contributed by atoms with van der Waals surface area (Å²) >= 11 is 0. The fourth-order valence-electron chi connectivity index (χ4n) is 3.21. The van der Waals surface area contributed by atoms with Crippen LogP contribution in [0.5, 0.6) is 0 Å². The van der Waals surface area contributed by atoms with Gasteiger partial charge < -0.3 is 10.2 Å². The zero-order chi connectivity index (χ0) is 16.7. The van der Waals surface area contributed by atoms with E-state index in [1.165, 1.54) is 5.56 Å². The molecule has 1 aromatic rings. The first kappa shape index (κ1) is 16.3. The monoisotopic (exact) mass is 335 g/mol. The minimum absolute atomic E-state index is 0.188. The van der Waals surface area contributed by atoms with Crippen LogP contribution in [0, 0.1) is 0 Å². The van der Waals surface area contributed by atoms with Gasteiger partial charge in [-0.1, -0.05) is 30.3 Å². The third-order valence-corrected chi connectivity index (χ3v) is 7.42. The molecular weight excluding hydrogens is 310 g/mol. The normalized spacial score (nSPS) is 29.2. The van der Waals surface area contributed by atoms with Crippen LogP contribution in [0.25, 0.3) is 0 Å². The maximum atomic E-state index is 12.1. The van der Waals surface area contributed by atoms with Crippen molar-refractivity contribution in [1.29, 1.82) is 0 Å². The molecule has 2 aliphatic rings. The number of benzene rings is 1. The summed E-state index contributed by atoms with van der Waals surface area (Å²) in [6, 6.07) is 10.9. The van der Waals surface area contributed by atoms with E-state index in [4.69, 9.17) is 0 Å². The highest BCUT2D eigenvalue weighted by atomic mass is 32.2. The molecule has 6 heteroatoms. The van der Waals surface area contributed by atoms with Crippen LogP contribution in [-0.2, 0) is 9.84 Å². The molecule has 1 aliphatic carbocycles. The van der Waals surface area contributed by atoms with Gasteiger partial charge in [0, 0.05) is 32.1 Å². The highest BCUT2D eigenvalue weighted by Gasteiger charge is 2.43. The molecule has 2 fully saturated rings. The number of aliphatic imine (C=N–C) groups is 1. The van der Waals surface area contributed by atoms with E-state index in [2.05, 4.69) is 39.5 Å². The quantitative estimate of drug-likeness (QED) is 0.659. The lowest BCUT2D eigenvalue weighted by Crippen LogP contribution is -2.57. The van der Waals surface area contributed by atoms with Crippen LogP contribution >= 0.6 is 0 Å². The van der Waals surface area contributed by atoms with Gasteiger partial charge in [0.2, 0.25) is 0 Å². The smallest absolute Gasteiger partial charge is 0.193 e. The maximum absolute atomic E-state index is 12.1. The molecule has 0 aromatic heterocycles. The molecular formula is C17H25N3O2S. The van der Waals surface area contributed by atoms with E-state index < -0.39 is 14.6 Å². The van der Waals surface area contributed by atoms with Crippen molar-refractivity contribution < 1.29 is 8.42 Å². The van der Waals surface area contributed by atoms with E-state index in [0.29, 0.717) is 25.0 Å². The molecule has 0 bridgehead atoms. The van der Waals surface area contributed by atoms with Gasteiger partial charge in [0.05, 0.1) is 10.5 Å². The molecule has 126 valence electrons. The predicted molar refractivity (Wildman–Crippen MR) is 93.5 cm³/mol. The standard InChI is InChI=1S/C17H25N3O2S/c1-17(2)12-20(9-10-23(17,21)22)16(18-3)19-15-11-14(15)13-7-5-4-6-8-13/h4-8,14-15H,9-12H2,1-3H3,(H,18,19).